The van der Waals surface area contributed by atoms with Crippen LogP contribution < -0.4 is 0 Å². The zero-order chi connectivity index (χ0) is 16.4. The molecule has 0 aromatic rings. The van der Waals surface area contributed by atoms with E-state index in [1.54, 1.807) is 0 Å². The maximum atomic E-state index is 11.9. The number of hydroxylamine groups is 2. The maximum absolute atomic E-state index is 11.9. The Morgan fingerprint density at radius 2 is 1.86 bits per heavy atom. The highest BCUT2D eigenvalue weighted by atomic mass is 31.2. The van der Waals surface area contributed by atoms with Crippen molar-refractivity contribution in [1.29, 1.82) is 0 Å². The average molecular weight is 324 g/mol. The fourth-order valence-electron chi connectivity index (χ4n) is 2.02. The van der Waals surface area contributed by atoms with E-state index in [0.717, 1.165) is 0 Å². The first-order chi connectivity index (χ1) is 9.59. The quantitative estimate of drug-likeness (QED) is 0.279. The van der Waals surface area contributed by atoms with Gasteiger partial charge in [-0.15, -0.1) is 0 Å². The summed E-state index contributed by atoms with van der Waals surface area (Å²) in [6, 6.07) is -1.50. The first-order valence-corrected chi connectivity index (χ1v) is 8.32. The molecule has 1 amide bonds. The van der Waals surface area contributed by atoms with Gasteiger partial charge in [0.25, 0.3) is 5.91 Å². The van der Waals surface area contributed by atoms with Gasteiger partial charge in [0.05, 0.1) is 6.54 Å². The van der Waals surface area contributed by atoms with Crippen LogP contribution in [0.2, 0.25) is 0 Å². The predicted molar refractivity (Wildman–Crippen MR) is 71.6 cm³/mol. The van der Waals surface area contributed by atoms with Crippen LogP contribution in [0.1, 0.15) is 33.1 Å². The number of aliphatic carboxylic acids is 1. The first-order valence-electron chi connectivity index (χ1n) is 6.64. The van der Waals surface area contributed by atoms with Crippen molar-refractivity contribution in [3.8, 4) is 0 Å². The fraction of sp³-hybridized carbons (Fsp3) is 0.818. The summed E-state index contributed by atoms with van der Waals surface area (Å²) in [6.45, 7) is 2.38. The molecule has 21 heavy (non-hydrogen) atoms. The van der Waals surface area contributed by atoms with E-state index < -0.39 is 37.8 Å². The van der Waals surface area contributed by atoms with Crippen molar-refractivity contribution >= 4 is 19.5 Å². The molecule has 0 bridgehead atoms. The number of carbonyl (C=O) groups excluding carboxylic acids is 1. The smallest absolute Gasteiger partial charge is 0.342 e. The molecule has 0 spiro atoms. The van der Waals surface area contributed by atoms with Gasteiger partial charge in [0.15, 0.2) is 6.04 Å². The molecule has 0 aromatic heterocycles. The van der Waals surface area contributed by atoms with Gasteiger partial charge in [0.1, 0.15) is 5.78 Å². The highest BCUT2D eigenvalue weighted by molar-refractivity contribution is 7.52. The number of hydrogen-bond acceptors (Lipinski definition) is 5. The average Bonchev–Trinajstić information content (AvgIpc) is 3.18. The van der Waals surface area contributed by atoms with E-state index in [4.69, 9.17) is 5.11 Å². The van der Waals surface area contributed by atoms with E-state index in [1.165, 1.54) is 18.7 Å². The van der Waals surface area contributed by atoms with Crippen molar-refractivity contribution in [2.75, 3.05) is 6.54 Å². The summed E-state index contributed by atoms with van der Waals surface area (Å²) in [5.41, 5.74) is 0. The molecular weight excluding hydrogens is 303 g/mol. The minimum absolute atomic E-state index is 0.0229. The zero-order valence-electron chi connectivity index (χ0n) is 11.9. The van der Waals surface area contributed by atoms with Crippen LogP contribution in [0.3, 0.4) is 0 Å². The normalized spacial score (nSPS) is 18.4. The Labute approximate surface area is 122 Å². The van der Waals surface area contributed by atoms with Gasteiger partial charge in [-0.05, 0) is 26.2 Å². The summed E-state index contributed by atoms with van der Waals surface area (Å²) in [4.78, 5) is 42.6. The molecule has 0 aromatic carbocycles. The minimum atomic E-state index is -4.41. The van der Waals surface area contributed by atoms with E-state index in [9.17, 15) is 29.1 Å². The van der Waals surface area contributed by atoms with Gasteiger partial charge in [0.2, 0.25) is 0 Å². The zero-order valence-corrected chi connectivity index (χ0v) is 12.8. The molecule has 0 radical (unpaired) electrons. The van der Waals surface area contributed by atoms with Crippen molar-refractivity contribution in [2.24, 2.45) is 0 Å². The SMILES string of the molecule is CCC(C(=O)O)N(O)C(=O)CN(C1CC1)C(C)P(=O)(O)O. The summed E-state index contributed by atoms with van der Waals surface area (Å²) in [7, 11) is -4.41. The van der Waals surface area contributed by atoms with Crippen molar-refractivity contribution in [1.82, 2.24) is 9.96 Å². The highest BCUT2D eigenvalue weighted by Gasteiger charge is 2.41. The molecule has 0 saturated heterocycles. The van der Waals surface area contributed by atoms with Gasteiger partial charge in [-0.25, -0.2) is 9.86 Å². The Balaban J connectivity index is 2.78. The number of amides is 1. The van der Waals surface area contributed by atoms with Gasteiger partial charge < -0.3 is 14.9 Å². The number of nitrogens with zero attached hydrogens (tertiary/aromatic N) is 2. The monoisotopic (exact) mass is 324 g/mol. The fourth-order valence-corrected chi connectivity index (χ4v) is 2.68. The molecular formula is C11H21N2O7P. The first kappa shape index (κ1) is 18.1. The molecule has 1 aliphatic carbocycles. The summed E-state index contributed by atoms with van der Waals surface area (Å²) in [5, 5.41) is 18.7. The Hall–Kier alpha value is -0.990. The predicted octanol–water partition coefficient (Wildman–Crippen LogP) is 0.0555. The van der Waals surface area contributed by atoms with Crippen molar-refractivity contribution < 1.29 is 34.3 Å². The third-order valence-corrected chi connectivity index (χ3v) is 4.79. The Kier molecular flexibility index (Phi) is 5.89. The van der Waals surface area contributed by atoms with Crippen LogP contribution in [0.25, 0.3) is 0 Å². The number of carboxylic acid groups (broad SMARTS) is 1. The number of rotatable bonds is 8. The third kappa shape index (κ3) is 4.76. The summed E-state index contributed by atoms with van der Waals surface area (Å²) in [5.74, 6) is -3.39. The second-order valence-electron chi connectivity index (χ2n) is 5.13. The molecule has 9 nitrogen and oxygen atoms in total. The lowest BCUT2D eigenvalue weighted by Gasteiger charge is -2.31. The molecule has 0 aliphatic heterocycles. The number of carboxylic acids is 1. The van der Waals surface area contributed by atoms with Crippen LogP contribution >= 0.6 is 7.60 Å². The van der Waals surface area contributed by atoms with Crippen LogP contribution in [0.5, 0.6) is 0 Å². The van der Waals surface area contributed by atoms with E-state index in [2.05, 4.69) is 0 Å². The molecule has 1 aliphatic rings. The molecule has 10 heteroatoms. The van der Waals surface area contributed by atoms with E-state index in [-0.39, 0.29) is 17.5 Å². The number of carbonyl (C=O) groups is 2. The largest absolute Gasteiger partial charge is 0.480 e. The highest BCUT2D eigenvalue weighted by Crippen LogP contribution is 2.46. The van der Waals surface area contributed by atoms with Crippen LogP contribution in [-0.4, -0.2) is 66.4 Å². The molecule has 1 rings (SSSR count). The molecule has 0 heterocycles. The Morgan fingerprint density at radius 1 is 1.33 bits per heavy atom. The van der Waals surface area contributed by atoms with Gasteiger partial charge in [-0.1, -0.05) is 6.92 Å². The molecule has 122 valence electrons. The van der Waals surface area contributed by atoms with Gasteiger partial charge >= 0.3 is 13.6 Å². The van der Waals surface area contributed by atoms with Crippen molar-refractivity contribution in [2.45, 2.75) is 51.0 Å². The van der Waals surface area contributed by atoms with Crippen molar-refractivity contribution in [3.05, 3.63) is 0 Å². The Bertz CT molecular complexity index is 448. The topological polar surface area (TPSA) is 139 Å². The summed E-state index contributed by atoms with van der Waals surface area (Å²) < 4.78 is 11.3. The standard InChI is InChI=1S/C11H21N2O7P/c1-3-9(11(15)16)13(17)10(14)6-12(8-4-5-8)7(2)21(18,19)20/h7-9,17H,3-6H2,1-2H3,(H,15,16)(H2,18,19,20). The van der Waals surface area contributed by atoms with Gasteiger partial charge in [-0.2, -0.15) is 0 Å². The van der Waals surface area contributed by atoms with Crippen LogP contribution in [0, 0.1) is 0 Å². The summed E-state index contributed by atoms with van der Waals surface area (Å²) >= 11 is 0. The van der Waals surface area contributed by atoms with E-state index >= 15 is 0 Å². The molecule has 1 saturated carbocycles. The number of hydrogen-bond donors (Lipinski definition) is 4. The molecule has 1 fully saturated rings. The van der Waals surface area contributed by atoms with E-state index in [1.807, 2.05) is 0 Å². The second kappa shape index (κ2) is 6.85. The lowest BCUT2D eigenvalue weighted by Crippen LogP contribution is -2.49. The third-order valence-electron chi connectivity index (χ3n) is 3.52. The minimum Gasteiger partial charge on any atom is -0.480 e. The van der Waals surface area contributed by atoms with Crippen LogP contribution in [0.15, 0.2) is 0 Å². The molecule has 2 unspecified atom stereocenters. The second-order valence-corrected chi connectivity index (χ2v) is 7.05. The lowest BCUT2D eigenvalue weighted by molar-refractivity contribution is -0.187. The Morgan fingerprint density at radius 3 is 2.19 bits per heavy atom. The lowest BCUT2D eigenvalue weighted by atomic mass is 10.2. The van der Waals surface area contributed by atoms with Crippen LogP contribution in [-0.2, 0) is 14.2 Å². The van der Waals surface area contributed by atoms with E-state index in [0.29, 0.717) is 12.8 Å². The van der Waals surface area contributed by atoms with Crippen LogP contribution in [0.4, 0.5) is 0 Å². The van der Waals surface area contributed by atoms with Crippen molar-refractivity contribution in [3.63, 3.8) is 0 Å². The maximum Gasteiger partial charge on any atom is 0.342 e. The summed E-state index contributed by atoms with van der Waals surface area (Å²) in [6.07, 6.45) is 1.44. The van der Waals surface area contributed by atoms with Gasteiger partial charge in [-0.3, -0.25) is 19.5 Å². The van der Waals surface area contributed by atoms with Gasteiger partial charge in [0, 0.05) is 6.04 Å². The molecule has 2 atom stereocenters. The molecule has 4 N–H and O–H groups in total.